The minimum absolute atomic E-state index is 0.0656. The summed E-state index contributed by atoms with van der Waals surface area (Å²) in [6.45, 7) is 14.5. The van der Waals surface area contributed by atoms with Crippen LogP contribution in [0.4, 0.5) is 11.4 Å². The van der Waals surface area contributed by atoms with Crippen LogP contribution in [0.5, 0.6) is 0 Å². The van der Waals surface area contributed by atoms with Gasteiger partial charge in [-0.3, -0.25) is 19.3 Å². The van der Waals surface area contributed by atoms with Crippen molar-refractivity contribution in [2.24, 2.45) is 16.6 Å². The summed E-state index contributed by atoms with van der Waals surface area (Å²) in [7, 11) is 0. The topological polar surface area (TPSA) is 105 Å². The van der Waals surface area contributed by atoms with Gasteiger partial charge in [0.1, 0.15) is 6.61 Å². The lowest BCUT2D eigenvalue weighted by atomic mass is 9.90. The first kappa shape index (κ1) is 24.8. The van der Waals surface area contributed by atoms with Crippen molar-refractivity contribution in [1.29, 1.82) is 0 Å². The highest BCUT2D eigenvalue weighted by Crippen LogP contribution is 2.24. The van der Waals surface area contributed by atoms with E-state index in [1.165, 1.54) is 0 Å². The number of ether oxygens (including phenoxy) is 1. The number of nitrogens with two attached hydrogens (primary N) is 1. The SMILES string of the molecule is CC(C)(C)CN(CC(C)(C)C)[C@@H](C(N)=O)C(=O)Nc1ccc(N2CCOCC2=O)cc1. The molecule has 31 heavy (non-hydrogen) atoms. The molecule has 172 valence electrons. The Bertz CT molecular complexity index is 777. The minimum Gasteiger partial charge on any atom is -0.370 e. The summed E-state index contributed by atoms with van der Waals surface area (Å²) in [6.07, 6.45) is 0. The van der Waals surface area contributed by atoms with Crippen LogP contribution in [0.2, 0.25) is 0 Å². The number of primary amides is 1. The monoisotopic (exact) mass is 432 g/mol. The summed E-state index contributed by atoms with van der Waals surface area (Å²) in [5.41, 5.74) is 6.70. The van der Waals surface area contributed by atoms with Gasteiger partial charge in [-0.1, -0.05) is 41.5 Å². The molecule has 8 nitrogen and oxygen atoms in total. The van der Waals surface area contributed by atoms with Crippen LogP contribution < -0.4 is 16.0 Å². The molecule has 0 spiro atoms. The van der Waals surface area contributed by atoms with Gasteiger partial charge in [-0.25, -0.2) is 0 Å². The van der Waals surface area contributed by atoms with Crippen LogP contribution in [-0.2, 0) is 19.1 Å². The molecule has 0 bridgehead atoms. The molecule has 8 heteroatoms. The zero-order valence-electron chi connectivity index (χ0n) is 19.5. The fraction of sp³-hybridized carbons (Fsp3) is 0.609. The minimum atomic E-state index is -1.08. The number of carbonyl (C=O) groups excluding carboxylic acids is 3. The highest BCUT2D eigenvalue weighted by atomic mass is 16.5. The summed E-state index contributed by atoms with van der Waals surface area (Å²) in [6, 6.07) is 5.87. The molecule has 3 N–H and O–H groups in total. The van der Waals surface area contributed by atoms with Gasteiger partial charge in [0.05, 0.1) is 6.61 Å². The van der Waals surface area contributed by atoms with E-state index in [9.17, 15) is 14.4 Å². The Balaban J connectivity index is 2.18. The van der Waals surface area contributed by atoms with E-state index in [4.69, 9.17) is 10.5 Å². The summed E-state index contributed by atoms with van der Waals surface area (Å²) < 4.78 is 5.15. The quantitative estimate of drug-likeness (QED) is 0.643. The average molecular weight is 433 g/mol. The molecule has 1 aliphatic rings. The van der Waals surface area contributed by atoms with Gasteiger partial charge in [0, 0.05) is 31.0 Å². The summed E-state index contributed by atoms with van der Waals surface area (Å²) in [5, 5.41) is 2.81. The molecule has 1 atom stereocenters. The number of benzene rings is 1. The smallest absolute Gasteiger partial charge is 0.253 e. The molecule has 3 amide bonds. The first-order valence-electron chi connectivity index (χ1n) is 10.6. The lowest BCUT2D eigenvalue weighted by Crippen LogP contribution is -2.56. The number of carbonyl (C=O) groups is 3. The average Bonchev–Trinajstić information content (AvgIpc) is 2.60. The van der Waals surface area contributed by atoms with E-state index < -0.39 is 17.9 Å². The second-order valence-corrected chi connectivity index (χ2v) is 10.5. The first-order valence-corrected chi connectivity index (χ1v) is 10.6. The second-order valence-electron chi connectivity index (χ2n) is 10.5. The number of nitrogens with zero attached hydrogens (tertiary/aromatic N) is 2. The molecule has 0 unspecified atom stereocenters. The molecule has 1 fully saturated rings. The highest BCUT2D eigenvalue weighted by molar-refractivity contribution is 6.09. The Morgan fingerprint density at radius 3 is 2.10 bits per heavy atom. The third-order valence-corrected chi connectivity index (χ3v) is 4.67. The van der Waals surface area contributed by atoms with E-state index in [2.05, 4.69) is 46.9 Å². The van der Waals surface area contributed by atoms with Crippen LogP contribution in [0.25, 0.3) is 0 Å². The fourth-order valence-corrected chi connectivity index (χ4v) is 3.66. The van der Waals surface area contributed by atoms with E-state index in [-0.39, 0.29) is 23.3 Å². The zero-order chi connectivity index (χ0) is 23.4. The lowest BCUT2D eigenvalue weighted by Gasteiger charge is -2.37. The van der Waals surface area contributed by atoms with Crippen molar-refractivity contribution in [2.45, 2.75) is 47.6 Å². The summed E-state index contributed by atoms with van der Waals surface area (Å²) in [5.74, 6) is -1.24. The maximum Gasteiger partial charge on any atom is 0.253 e. The third kappa shape index (κ3) is 7.63. The molecule has 1 heterocycles. The number of amides is 3. The molecule has 0 aliphatic carbocycles. The molecule has 1 aliphatic heterocycles. The summed E-state index contributed by atoms with van der Waals surface area (Å²) in [4.78, 5) is 40.9. The van der Waals surface area contributed by atoms with E-state index in [1.54, 1.807) is 29.2 Å². The van der Waals surface area contributed by atoms with Crippen LogP contribution >= 0.6 is 0 Å². The normalized spacial score (nSPS) is 16.4. The van der Waals surface area contributed by atoms with Gasteiger partial charge in [0.2, 0.25) is 5.91 Å². The van der Waals surface area contributed by atoms with Crippen molar-refractivity contribution in [2.75, 3.05) is 43.1 Å². The van der Waals surface area contributed by atoms with Gasteiger partial charge < -0.3 is 20.7 Å². The fourth-order valence-electron chi connectivity index (χ4n) is 3.66. The van der Waals surface area contributed by atoms with E-state index in [0.717, 1.165) is 5.69 Å². The van der Waals surface area contributed by atoms with Gasteiger partial charge in [0.15, 0.2) is 6.04 Å². The number of anilines is 2. The van der Waals surface area contributed by atoms with Crippen molar-refractivity contribution in [1.82, 2.24) is 4.90 Å². The van der Waals surface area contributed by atoms with Crippen LogP contribution in [-0.4, -0.2) is 61.5 Å². The van der Waals surface area contributed by atoms with Gasteiger partial charge >= 0.3 is 0 Å². The molecule has 1 aromatic rings. The number of nitrogens with one attached hydrogen (secondary N) is 1. The van der Waals surface area contributed by atoms with Gasteiger partial charge in [-0.15, -0.1) is 0 Å². The van der Waals surface area contributed by atoms with Crippen LogP contribution in [0.15, 0.2) is 24.3 Å². The standard InChI is InChI=1S/C23H36N4O4/c1-22(2,3)14-26(15-23(4,5)6)19(20(24)29)21(30)25-16-7-9-17(10-8-16)27-11-12-31-13-18(27)28/h7-10,19H,11-15H2,1-6H3,(H2,24,29)(H,25,30)/t19-/m0/s1. The maximum absolute atomic E-state index is 13.1. The second kappa shape index (κ2) is 9.78. The van der Waals surface area contributed by atoms with Crippen LogP contribution in [0.3, 0.4) is 0 Å². The predicted molar refractivity (Wildman–Crippen MR) is 122 cm³/mol. The van der Waals surface area contributed by atoms with Crippen molar-refractivity contribution in [3.05, 3.63) is 24.3 Å². The molecule has 0 saturated carbocycles. The number of hydrogen-bond donors (Lipinski definition) is 2. The first-order chi connectivity index (χ1) is 14.3. The van der Waals surface area contributed by atoms with E-state index in [1.807, 2.05) is 4.90 Å². The Morgan fingerprint density at radius 2 is 1.65 bits per heavy atom. The molecule has 1 aromatic carbocycles. The lowest BCUT2D eigenvalue weighted by molar-refractivity contribution is -0.133. The third-order valence-electron chi connectivity index (χ3n) is 4.67. The Morgan fingerprint density at radius 1 is 1.10 bits per heavy atom. The molecule has 2 rings (SSSR count). The summed E-state index contributed by atoms with van der Waals surface area (Å²) >= 11 is 0. The van der Waals surface area contributed by atoms with Gasteiger partial charge in [-0.05, 0) is 35.1 Å². The molecule has 1 saturated heterocycles. The molecular weight excluding hydrogens is 396 g/mol. The molecular formula is C23H36N4O4. The number of morpholine rings is 1. The van der Waals surface area contributed by atoms with E-state index in [0.29, 0.717) is 31.9 Å². The van der Waals surface area contributed by atoms with Crippen LogP contribution in [0, 0.1) is 10.8 Å². The molecule has 0 radical (unpaired) electrons. The maximum atomic E-state index is 13.1. The predicted octanol–water partition coefficient (Wildman–Crippen LogP) is 2.24. The van der Waals surface area contributed by atoms with Crippen molar-refractivity contribution in [3.8, 4) is 0 Å². The van der Waals surface area contributed by atoms with Crippen molar-refractivity contribution >= 4 is 29.1 Å². The van der Waals surface area contributed by atoms with E-state index >= 15 is 0 Å². The number of rotatable bonds is 7. The Labute approximate surface area is 185 Å². The molecule has 0 aromatic heterocycles. The van der Waals surface area contributed by atoms with Crippen molar-refractivity contribution < 1.29 is 19.1 Å². The highest BCUT2D eigenvalue weighted by Gasteiger charge is 2.35. The van der Waals surface area contributed by atoms with Gasteiger partial charge in [-0.2, -0.15) is 0 Å². The van der Waals surface area contributed by atoms with Crippen molar-refractivity contribution in [3.63, 3.8) is 0 Å². The Hall–Kier alpha value is -2.45. The largest absolute Gasteiger partial charge is 0.370 e. The van der Waals surface area contributed by atoms with Crippen LogP contribution in [0.1, 0.15) is 41.5 Å². The van der Waals surface area contributed by atoms with Gasteiger partial charge in [0.25, 0.3) is 11.8 Å². The Kier molecular flexibility index (Phi) is 7.83. The number of hydrogen-bond acceptors (Lipinski definition) is 5. The zero-order valence-corrected chi connectivity index (χ0v) is 19.5.